The standard InChI is InChI=1S/C20H31NS2/c1-2-4-8-18(19-9-5-7-17(16-19)6-3-1)12-15-22-23-20-10-13-21-14-11-20/h1-2,9,12,17,20-21H,3-8,10-11,13-16H2/b2-1+,18-12+. The SMILES string of the molecule is C1=C2CC(CC1)CC/C=C/CC/C2=C\CSSC1CCNCC1. The lowest BCUT2D eigenvalue weighted by Gasteiger charge is -2.25. The van der Waals surface area contributed by atoms with Crippen LogP contribution in [0.3, 0.4) is 0 Å². The maximum absolute atomic E-state index is 3.46. The second-order valence-corrected chi connectivity index (χ2v) is 9.74. The van der Waals surface area contributed by atoms with Gasteiger partial charge in [-0.15, -0.1) is 0 Å². The van der Waals surface area contributed by atoms with Gasteiger partial charge in [-0.3, -0.25) is 0 Å². The molecule has 2 aliphatic carbocycles. The number of piperidine rings is 1. The molecule has 0 saturated carbocycles. The summed E-state index contributed by atoms with van der Waals surface area (Å²) in [5, 5.41) is 4.32. The maximum atomic E-state index is 3.46. The van der Waals surface area contributed by atoms with Crippen LogP contribution < -0.4 is 5.32 Å². The Morgan fingerprint density at radius 1 is 1.04 bits per heavy atom. The largest absolute Gasteiger partial charge is 0.317 e. The minimum atomic E-state index is 0.866. The van der Waals surface area contributed by atoms with Crippen LogP contribution in [0, 0.1) is 5.92 Å². The van der Waals surface area contributed by atoms with Crippen molar-refractivity contribution in [3.05, 3.63) is 35.5 Å². The number of fused-ring (bicyclic) bond motifs is 2. The molecule has 0 radical (unpaired) electrons. The Morgan fingerprint density at radius 3 is 2.78 bits per heavy atom. The summed E-state index contributed by atoms with van der Waals surface area (Å²) < 4.78 is 0. The molecule has 0 aromatic rings. The summed E-state index contributed by atoms with van der Waals surface area (Å²) in [6.07, 6.45) is 21.8. The molecule has 3 aliphatic rings. The lowest BCUT2D eigenvalue weighted by Crippen LogP contribution is -2.28. The van der Waals surface area contributed by atoms with Crippen molar-refractivity contribution in [3.63, 3.8) is 0 Å². The van der Waals surface area contributed by atoms with E-state index >= 15 is 0 Å². The van der Waals surface area contributed by atoms with Crippen molar-refractivity contribution in [1.82, 2.24) is 5.32 Å². The molecule has 1 atom stereocenters. The zero-order valence-electron chi connectivity index (χ0n) is 14.3. The van der Waals surface area contributed by atoms with Gasteiger partial charge in [-0.1, -0.05) is 45.9 Å². The Hall–Kier alpha value is -0.120. The first-order valence-corrected chi connectivity index (χ1v) is 11.8. The van der Waals surface area contributed by atoms with E-state index in [2.05, 4.69) is 51.2 Å². The van der Waals surface area contributed by atoms with Crippen molar-refractivity contribution >= 4 is 21.6 Å². The van der Waals surface area contributed by atoms with E-state index in [9.17, 15) is 0 Å². The Balaban J connectivity index is 1.53. The molecule has 0 aromatic heterocycles. The molecule has 0 aromatic carbocycles. The van der Waals surface area contributed by atoms with Crippen molar-refractivity contribution < 1.29 is 0 Å². The van der Waals surface area contributed by atoms with Crippen molar-refractivity contribution in [2.75, 3.05) is 18.8 Å². The van der Waals surface area contributed by atoms with Crippen LogP contribution in [-0.4, -0.2) is 24.1 Å². The molecule has 1 N–H and O–H groups in total. The molecule has 3 heteroatoms. The van der Waals surface area contributed by atoms with Gasteiger partial charge >= 0.3 is 0 Å². The molecule has 3 rings (SSSR count). The predicted molar refractivity (Wildman–Crippen MR) is 107 cm³/mol. The third kappa shape index (κ3) is 6.03. The first kappa shape index (κ1) is 17.7. The highest BCUT2D eigenvalue weighted by Crippen LogP contribution is 2.36. The van der Waals surface area contributed by atoms with Gasteiger partial charge in [0.2, 0.25) is 0 Å². The van der Waals surface area contributed by atoms with Crippen molar-refractivity contribution in [3.8, 4) is 0 Å². The average Bonchev–Trinajstić information content (AvgIpc) is 2.60. The zero-order valence-corrected chi connectivity index (χ0v) is 15.9. The van der Waals surface area contributed by atoms with E-state index in [0.717, 1.165) is 11.2 Å². The number of hydrogen-bond acceptors (Lipinski definition) is 3. The van der Waals surface area contributed by atoms with Crippen LogP contribution in [0.25, 0.3) is 0 Å². The van der Waals surface area contributed by atoms with Gasteiger partial charge in [-0.2, -0.15) is 0 Å². The Bertz CT molecular complexity index is 447. The van der Waals surface area contributed by atoms with Gasteiger partial charge in [0.15, 0.2) is 0 Å². The minimum Gasteiger partial charge on any atom is -0.317 e. The zero-order chi connectivity index (χ0) is 15.7. The van der Waals surface area contributed by atoms with Crippen LogP contribution in [0.15, 0.2) is 35.5 Å². The van der Waals surface area contributed by atoms with Gasteiger partial charge in [0.1, 0.15) is 0 Å². The molecule has 23 heavy (non-hydrogen) atoms. The third-order valence-corrected chi connectivity index (χ3v) is 8.08. The topological polar surface area (TPSA) is 12.0 Å². The summed E-state index contributed by atoms with van der Waals surface area (Å²) in [6, 6.07) is 0. The average molecular weight is 350 g/mol. The molecular weight excluding hydrogens is 318 g/mol. The molecule has 1 aliphatic heterocycles. The van der Waals surface area contributed by atoms with E-state index in [0.29, 0.717) is 0 Å². The lowest BCUT2D eigenvalue weighted by molar-refractivity contribution is 0.436. The molecule has 128 valence electrons. The van der Waals surface area contributed by atoms with Crippen LogP contribution >= 0.6 is 21.6 Å². The molecule has 1 saturated heterocycles. The van der Waals surface area contributed by atoms with Crippen molar-refractivity contribution in [2.45, 2.75) is 63.0 Å². The maximum Gasteiger partial charge on any atom is 0.0223 e. The van der Waals surface area contributed by atoms with E-state index in [1.807, 2.05) is 0 Å². The summed E-state index contributed by atoms with van der Waals surface area (Å²) in [5.41, 5.74) is 3.34. The van der Waals surface area contributed by atoms with Gasteiger partial charge in [-0.25, -0.2) is 0 Å². The second kappa shape index (κ2) is 10.0. The Kier molecular flexibility index (Phi) is 7.70. The Labute approximate surface area is 150 Å². The van der Waals surface area contributed by atoms with Crippen LogP contribution in [0.5, 0.6) is 0 Å². The molecule has 1 unspecified atom stereocenters. The fourth-order valence-corrected chi connectivity index (χ4v) is 6.42. The highest BCUT2D eigenvalue weighted by atomic mass is 33.1. The molecule has 2 bridgehead atoms. The monoisotopic (exact) mass is 349 g/mol. The summed E-state index contributed by atoms with van der Waals surface area (Å²) in [5.74, 6) is 2.10. The molecule has 0 spiro atoms. The molecular formula is C20H31NS2. The number of rotatable bonds is 4. The van der Waals surface area contributed by atoms with Crippen molar-refractivity contribution in [2.24, 2.45) is 5.92 Å². The van der Waals surface area contributed by atoms with Crippen LogP contribution in [-0.2, 0) is 0 Å². The Morgan fingerprint density at radius 2 is 1.87 bits per heavy atom. The van der Waals surface area contributed by atoms with Gasteiger partial charge in [-0.05, 0) is 87.9 Å². The number of hydrogen-bond donors (Lipinski definition) is 1. The third-order valence-electron chi connectivity index (χ3n) is 5.26. The van der Waals surface area contributed by atoms with Crippen LogP contribution in [0.2, 0.25) is 0 Å². The van der Waals surface area contributed by atoms with Crippen LogP contribution in [0.4, 0.5) is 0 Å². The fourth-order valence-electron chi connectivity index (χ4n) is 3.86. The fraction of sp³-hybridized carbons (Fsp3) is 0.700. The second-order valence-electron chi connectivity index (χ2n) is 7.02. The van der Waals surface area contributed by atoms with Gasteiger partial charge in [0.25, 0.3) is 0 Å². The van der Waals surface area contributed by atoms with E-state index in [1.165, 1.54) is 76.6 Å². The highest BCUT2D eigenvalue weighted by Gasteiger charge is 2.18. The number of allylic oxidation sites excluding steroid dienone is 5. The lowest BCUT2D eigenvalue weighted by atomic mass is 9.81. The minimum absolute atomic E-state index is 0.866. The van der Waals surface area contributed by atoms with E-state index in [-0.39, 0.29) is 0 Å². The summed E-state index contributed by atoms with van der Waals surface area (Å²) in [7, 11) is 4.20. The predicted octanol–water partition coefficient (Wildman–Crippen LogP) is 5.90. The van der Waals surface area contributed by atoms with Gasteiger partial charge < -0.3 is 5.32 Å². The van der Waals surface area contributed by atoms with E-state index in [1.54, 1.807) is 11.1 Å². The summed E-state index contributed by atoms with van der Waals surface area (Å²) in [6.45, 7) is 2.42. The van der Waals surface area contributed by atoms with E-state index in [4.69, 9.17) is 0 Å². The van der Waals surface area contributed by atoms with Crippen LogP contribution in [0.1, 0.15) is 57.8 Å². The smallest absolute Gasteiger partial charge is 0.0223 e. The van der Waals surface area contributed by atoms with E-state index < -0.39 is 0 Å². The molecule has 0 amide bonds. The molecule has 1 nitrogen and oxygen atoms in total. The normalized spacial score (nSPS) is 30.0. The molecule has 1 fully saturated rings. The molecule has 1 heterocycles. The highest BCUT2D eigenvalue weighted by molar-refractivity contribution is 8.77. The number of nitrogens with one attached hydrogen (secondary N) is 1. The summed E-state index contributed by atoms with van der Waals surface area (Å²) >= 11 is 0. The van der Waals surface area contributed by atoms with Gasteiger partial charge in [0, 0.05) is 11.0 Å². The first-order chi connectivity index (χ1) is 11.4. The summed E-state index contributed by atoms with van der Waals surface area (Å²) in [4.78, 5) is 0. The first-order valence-electron chi connectivity index (χ1n) is 9.44. The van der Waals surface area contributed by atoms with Crippen molar-refractivity contribution in [1.29, 1.82) is 0 Å². The quantitative estimate of drug-likeness (QED) is 0.385. The van der Waals surface area contributed by atoms with Gasteiger partial charge in [0.05, 0.1) is 0 Å².